The lowest BCUT2D eigenvalue weighted by molar-refractivity contribution is -0.131. The largest absolute Gasteiger partial charge is 0.534 e. The summed E-state index contributed by atoms with van der Waals surface area (Å²) in [6.45, 7) is 2.12. The molecule has 0 aromatic heterocycles. The zero-order valence-electron chi connectivity index (χ0n) is 20.4. The van der Waals surface area contributed by atoms with Crippen molar-refractivity contribution < 1.29 is 44.5 Å². The fourth-order valence-electron chi connectivity index (χ4n) is 4.62. The fraction of sp³-hybridized carbons (Fsp3) is 0.222. The van der Waals surface area contributed by atoms with Crippen LogP contribution in [0, 0.1) is 11.6 Å². The molecular formula is C27H22F5NO5S. The minimum Gasteiger partial charge on any atom is -0.478 e. The van der Waals surface area contributed by atoms with E-state index in [0.29, 0.717) is 23.2 Å². The number of anilines is 1. The van der Waals surface area contributed by atoms with Crippen LogP contribution in [-0.4, -0.2) is 31.5 Å². The van der Waals surface area contributed by atoms with Crippen molar-refractivity contribution in [3.8, 4) is 5.75 Å². The summed E-state index contributed by atoms with van der Waals surface area (Å²) in [6, 6.07) is 11.6. The van der Waals surface area contributed by atoms with E-state index in [2.05, 4.69) is 4.18 Å². The number of para-hydroxylation sites is 1. The van der Waals surface area contributed by atoms with Gasteiger partial charge in [0.1, 0.15) is 17.4 Å². The summed E-state index contributed by atoms with van der Waals surface area (Å²) < 4.78 is 96.8. The summed E-state index contributed by atoms with van der Waals surface area (Å²) in [5.41, 5.74) is -3.72. The average Bonchev–Trinajstić information content (AvgIpc) is 2.86. The van der Waals surface area contributed by atoms with E-state index in [4.69, 9.17) is 5.11 Å². The van der Waals surface area contributed by atoms with Gasteiger partial charge in [0.05, 0.1) is 11.6 Å². The van der Waals surface area contributed by atoms with Gasteiger partial charge in [0.25, 0.3) is 0 Å². The third-order valence-electron chi connectivity index (χ3n) is 6.31. The first-order chi connectivity index (χ1) is 18.3. The van der Waals surface area contributed by atoms with Gasteiger partial charge in [-0.2, -0.15) is 21.6 Å². The van der Waals surface area contributed by atoms with Crippen LogP contribution < -0.4 is 9.08 Å². The van der Waals surface area contributed by atoms with Crippen LogP contribution in [0.2, 0.25) is 0 Å². The van der Waals surface area contributed by atoms with E-state index in [1.165, 1.54) is 6.07 Å². The number of hydrogen-bond donors (Lipinski definition) is 1. The molecule has 0 saturated carbocycles. The molecule has 0 bridgehead atoms. The lowest BCUT2D eigenvalue weighted by Crippen LogP contribution is -2.38. The number of aliphatic carboxylic acids is 1. The predicted molar refractivity (Wildman–Crippen MR) is 134 cm³/mol. The van der Waals surface area contributed by atoms with Gasteiger partial charge in [-0.3, -0.25) is 0 Å². The highest BCUT2D eigenvalue weighted by atomic mass is 32.2. The second-order valence-electron chi connectivity index (χ2n) is 8.74. The molecule has 12 heteroatoms. The van der Waals surface area contributed by atoms with E-state index in [1.54, 1.807) is 17.0 Å². The van der Waals surface area contributed by atoms with Crippen molar-refractivity contribution in [2.24, 2.45) is 0 Å². The number of alkyl halides is 3. The van der Waals surface area contributed by atoms with Crippen LogP contribution >= 0.6 is 0 Å². The Morgan fingerprint density at radius 2 is 1.77 bits per heavy atom. The number of fused-ring (bicyclic) bond motifs is 1. The minimum absolute atomic E-state index is 0.0196. The molecule has 0 aliphatic carbocycles. The molecule has 0 fully saturated rings. The number of halogens is 5. The van der Waals surface area contributed by atoms with Crippen LogP contribution in [-0.2, 0) is 27.8 Å². The lowest BCUT2D eigenvalue weighted by atomic mass is 9.86. The number of benzene rings is 3. The molecule has 4 rings (SSSR count). The third-order valence-corrected chi connectivity index (χ3v) is 7.29. The van der Waals surface area contributed by atoms with E-state index >= 15 is 8.78 Å². The molecule has 1 unspecified atom stereocenters. The molecule has 1 heterocycles. The van der Waals surface area contributed by atoms with Crippen LogP contribution in [0.1, 0.15) is 40.8 Å². The van der Waals surface area contributed by atoms with Crippen molar-refractivity contribution in [2.45, 2.75) is 31.3 Å². The van der Waals surface area contributed by atoms with Crippen LogP contribution in [0.15, 0.2) is 60.7 Å². The Morgan fingerprint density at radius 1 is 1.10 bits per heavy atom. The maximum absolute atomic E-state index is 15.5. The van der Waals surface area contributed by atoms with E-state index < -0.39 is 45.0 Å². The molecule has 0 amide bonds. The SMILES string of the molecule is CCc1ccccc1N1CCc2cc(OS(=O)(=O)C(F)(F)F)ccc2C1c1c(F)cc(/C=C/C(=O)O)cc1F. The molecule has 3 aromatic rings. The predicted octanol–water partition coefficient (Wildman–Crippen LogP) is 6.01. The first kappa shape index (κ1) is 28.1. The molecule has 39 heavy (non-hydrogen) atoms. The second-order valence-corrected chi connectivity index (χ2v) is 10.3. The Bertz CT molecular complexity index is 1530. The number of hydrogen-bond acceptors (Lipinski definition) is 5. The number of rotatable bonds is 7. The molecule has 1 aliphatic heterocycles. The molecule has 1 N–H and O–H groups in total. The summed E-state index contributed by atoms with van der Waals surface area (Å²) in [6.07, 6.45) is 2.61. The molecule has 0 radical (unpaired) electrons. The number of nitrogens with zero attached hydrogens (tertiary/aromatic N) is 1. The van der Waals surface area contributed by atoms with Gasteiger partial charge in [-0.25, -0.2) is 13.6 Å². The minimum atomic E-state index is -5.91. The molecule has 0 saturated heterocycles. The van der Waals surface area contributed by atoms with Crippen molar-refractivity contribution in [1.82, 2.24) is 0 Å². The molecule has 206 valence electrons. The first-order valence-electron chi connectivity index (χ1n) is 11.7. The molecule has 3 aromatic carbocycles. The number of carbonyl (C=O) groups is 1. The van der Waals surface area contributed by atoms with E-state index in [-0.39, 0.29) is 24.1 Å². The topological polar surface area (TPSA) is 83.9 Å². The molecular weight excluding hydrogens is 545 g/mol. The number of aryl methyl sites for hydroxylation is 1. The highest BCUT2D eigenvalue weighted by Crippen LogP contribution is 2.43. The molecule has 1 atom stereocenters. The van der Waals surface area contributed by atoms with Gasteiger partial charge in [-0.15, -0.1) is 0 Å². The van der Waals surface area contributed by atoms with Crippen molar-refractivity contribution in [3.63, 3.8) is 0 Å². The van der Waals surface area contributed by atoms with Crippen molar-refractivity contribution in [2.75, 3.05) is 11.4 Å². The monoisotopic (exact) mass is 567 g/mol. The van der Waals surface area contributed by atoms with Gasteiger partial charge < -0.3 is 14.2 Å². The Balaban J connectivity index is 1.87. The highest BCUT2D eigenvalue weighted by Gasteiger charge is 2.48. The van der Waals surface area contributed by atoms with Crippen LogP contribution in [0.5, 0.6) is 5.75 Å². The normalized spacial score (nSPS) is 15.8. The third kappa shape index (κ3) is 5.75. The summed E-state index contributed by atoms with van der Waals surface area (Å²) in [5, 5.41) is 8.84. The first-order valence-corrected chi connectivity index (χ1v) is 13.1. The Kier molecular flexibility index (Phi) is 7.69. The summed E-state index contributed by atoms with van der Waals surface area (Å²) in [4.78, 5) is 12.6. The van der Waals surface area contributed by atoms with Crippen molar-refractivity contribution >= 4 is 27.9 Å². The fourth-order valence-corrected chi connectivity index (χ4v) is 5.07. The summed E-state index contributed by atoms with van der Waals surface area (Å²) in [7, 11) is -5.91. The molecule has 1 aliphatic rings. The van der Waals surface area contributed by atoms with E-state index in [9.17, 15) is 26.4 Å². The van der Waals surface area contributed by atoms with Gasteiger partial charge in [0.2, 0.25) is 0 Å². The summed E-state index contributed by atoms with van der Waals surface area (Å²) >= 11 is 0. The smallest absolute Gasteiger partial charge is 0.478 e. The molecule has 0 spiro atoms. The number of carboxylic acids is 1. The second kappa shape index (κ2) is 10.7. The van der Waals surface area contributed by atoms with Crippen molar-refractivity contribution in [1.29, 1.82) is 0 Å². The average molecular weight is 568 g/mol. The zero-order chi connectivity index (χ0) is 28.5. The van der Waals surface area contributed by atoms with Gasteiger partial charge in [-0.05, 0) is 71.5 Å². The highest BCUT2D eigenvalue weighted by molar-refractivity contribution is 7.88. The van der Waals surface area contributed by atoms with E-state index in [0.717, 1.165) is 42.0 Å². The maximum Gasteiger partial charge on any atom is 0.534 e. The van der Waals surface area contributed by atoms with Crippen LogP contribution in [0.25, 0.3) is 6.08 Å². The maximum atomic E-state index is 15.5. The Labute approximate surface area is 221 Å². The van der Waals surface area contributed by atoms with Crippen LogP contribution in [0.3, 0.4) is 0 Å². The van der Waals surface area contributed by atoms with Gasteiger partial charge in [0, 0.05) is 18.3 Å². The van der Waals surface area contributed by atoms with E-state index in [1.807, 2.05) is 19.1 Å². The van der Waals surface area contributed by atoms with Crippen molar-refractivity contribution in [3.05, 3.63) is 100 Å². The summed E-state index contributed by atoms with van der Waals surface area (Å²) in [5.74, 6) is -3.80. The zero-order valence-corrected chi connectivity index (χ0v) is 21.2. The molecule has 6 nitrogen and oxygen atoms in total. The quantitative estimate of drug-likeness (QED) is 0.163. The standard InChI is InChI=1S/C27H22F5NO5S/c1-2-17-5-3-4-6-23(17)33-12-11-18-15-19(38-39(36,37)27(30,31)32)8-9-20(18)26(33)25-21(28)13-16(14-22(25)29)7-10-24(34)35/h3-10,13-15,26H,2,11-12H2,1H3,(H,34,35)/b10-7+. The van der Waals surface area contributed by atoms with Gasteiger partial charge >= 0.3 is 21.6 Å². The Hall–Kier alpha value is -3.93. The van der Waals surface area contributed by atoms with Gasteiger partial charge in [-0.1, -0.05) is 31.2 Å². The Morgan fingerprint density at radius 3 is 2.38 bits per heavy atom. The lowest BCUT2D eigenvalue weighted by Gasteiger charge is -2.40. The number of carboxylic acid groups (broad SMARTS) is 1. The van der Waals surface area contributed by atoms with Gasteiger partial charge in [0.15, 0.2) is 0 Å². The van der Waals surface area contributed by atoms with Crippen LogP contribution in [0.4, 0.5) is 27.6 Å².